The molecular formula is C11H23N3. The molecule has 0 aromatic heterocycles. The van der Waals surface area contributed by atoms with Crippen LogP contribution in [0, 0.1) is 0 Å². The van der Waals surface area contributed by atoms with Crippen molar-refractivity contribution in [2.45, 2.75) is 32.9 Å². The van der Waals surface area contributed by atoms with Crippen LogP contribution in [-0.4, -0.2) is 48.1 Å². The summed E-state index contributed by atoms with van der Waals surface area (Å²) in [6.07, 6.45) is 0. The quantitative estimate of drug-likeness (QED) is 0.729. The Kier molecular flexibility index (Phi) is 3.96. The van der Waals surface area contributed by atoms with E-state index in [4.69, 9.17) is 5.73 Å². The molecule has 1 aliphatic rings. The van der Waals surface area contributed by atoms with E-state index in [0.717, 1.165) is 31.9 Å². The first-order valence-electron chi connectivity index (χ1n) is 5.45. The van der Waals surface area contributed by atoms with Gasteiger partial charge in [0, 0.05) is 44.0 Å². The SMILES string of the molecule is C=C([C@@H](C)N)N1CCN(C(C)C)CC1. The van der Waals surface area contributed by atoms with Crippen molar-refractivity contribution < 1.29 is 0 Å². The highest BCUT2D eigenvalue weighted by molar-refractivity contribution is 5.03. The average molecular weight is 197 g/mol. The predicted molar refractivity (Wildman–Crippen MR) is 61.1 cm³/mol. The Morgan fingerprint density at radius 3 is 2.00 bits per heavy atom. The summed E-state index contributed by atoms with van der Waals surface area (Å²) < 4.78 is 0. The van der Waals surface area contributed by atoms with E-state index in [1.165, 1.54) is 0 Å². The summed E-state index contributed by atoms with van der Waals surface area (Å²) in [7, 11) is 0. The molecule has 3 heteroatoms. The van der Waals surface area contributed by atoms with E-state index in [9.17, 15) is 0 Å². The minimum atomic E-state index is 0.0839. The Hall–Kier alpha value is -0.540. The predicted octanol–water partition coefficient (Wildman–Crippen LogP) is 0.873. The Balaban J connectivity index is 2.39. The molecule has 1 aliphatic heterocycles. The minimum Gasteiger partial charge on any atom is -0.371 e. The number of hydrogen-bond acceptors (Lipinski definition) is 3. The van der Waals surface area contributed by atoms with Gasteiger partial charge in [0.15, 0.2) is 0 Å². The fraction of sp³-hybridized carbons (Fsp3) is 0.818. The van der Waals surface area contributed by atoms with Gasteiger partial charge in [-0.2, -0.15) is 0 Å². The maximum atomic E-state index is 5.81. The molecule has 0 aromatic carbocycles. The van der Waals surface area contributed by atoms with Gasteiger partial charge in [-0.15, -0.1) is 0 Å². The van der Waals surface area contributed by atoms with Gasteiger partial charge in [-0.05, 0) is 20.8 Å². The number of hydrogen-bond donors (Lipinski definition) is 1. The summed E-state index contributed by atoms with van der Waals surface area (Å²) in [6.45, 7) is 14.9. The fourth-order valence-corrected chi connectivity index (χ4v) is 1.81. The zero-order valence-electron chi connectivity index (χ0n) is 9.66. The summed E-state index contributed by atoms with van der Waals surface area (Å²) >= 11 is 0. The fourth-order valence-electron chi connectivity index (χ4n) is 1.81. The molecule has 0 spiro atoms. The summed E-state index contributed by atoms with van der Waals surface area (Å²) in [4.78, 5) is 4.80. The summed E-state index contributed by atoms with van der Waals surface area (Å²) in [5, 5.41) is 0. The molecule has 1 heterocycles. The molecule has 0 bridgehead atoms. The zero-order chi connectivity index (χ0) is 10.7. The van der Waals surface area contributed by atoms with E-state index >= 15 is 0 Å². The molecular weight excluding hydrogens is 174 g/mol. The molecule has 0 aliphatic carbocycles. The van der Waals surface area contributed by atoms with E-state index in [1.54, 1.807) is 0 Å². The average Bonchev–Trinajstić information content (AvgIpc) is 2.16. The van der Waals surface area contributed by atoms with Gasteiger partial charge in [-0.3, -0.25) is 4.90 Å². The first-order valence-corrected chi connectivity index (χ1v) is 5.45. The Labute approximate surface area is 87.6 Å². The smallest absolute Gasteiger partial charge is 0.0411 e. The van der Waals surface area contributed by atoms with Gasteiger partial charge in [0.2, 0.25) is 0 Å². The van der Waals surface area contributed by atoms with Crippen molar-refractivity contribution in [3.8, 4) is 0 Å². The first kappa shape index (κ1) is 11.5. The molecule has 0 aromatic rings. The lowest BCUT2D eigenvalue weighted by Gasteiger charge is -2.39. The molecule has 3 nitrogen and oxygen atoms in total. The second kappa shape index (κ2) is 4.80. The van der Waals surface area contributed by atoms with Crippen LogP contribution in [0.5, 0.6) is 0 Å². The monoisotopic (exact) mass is 197 g/mol. The van der Waals surface area contributed by atoms with Gasteiger partial charge < -0.3 is 10.6 Å². The lowest BCUT2D eigenvalue weighted by atomic mass is 10.2. The van der Waals surface area contributed by atoms with Crippen LogP contribution in [0.15, 0.2) is 12.3 Å². The maximum Gasteiger partial charge on any atom is 0.0411 e. The number of rotatable bonds is 3. The van der Waals surface area contributed by atoms with Crippen LogP contribution in [-0.2, 0) is 0 Å². The van der Waals surface area contributed by atoms with Crippen LogP contribution in [0.3, 0.4) is 0 Å². The van der Waals surface area contributed by atoms with E-state index in [2.05, 4.69) is 30.2 Å². The molecule has 0 amide bonds. The van der Waals surface area contributed by atoms with Crippen LogP contribution in [0.1, 0.15) is 20.8 Å². The molecule has 1 rings (SSSR count). The third-order valence-corrected chi connectivity index (χ3v) is 2.98. The topological polar surface area (TPSA) is 32.5 Å². The highest BCUT2D eigenvalue weighted by Gasteiger charge is 2.20. The van der Waals surface area contributed by atoms with Gasteiger partial charge in [0.25, 0.3) is 0 Å². The van der Waals surface area contributed by atoms with Crippen molar-refractivity contribution in [2.75, 3.05) is 26.2 Å². The highest BCUT2D eigenvalue weighted by Crippen LogP contribution is 2.11. The molecule has 82 valence electrons. The number of nitrogens with zero attached hydrogens (tertiary/aromatic N) is 2. The third kappa shape index (κ3) is 2.72. The Bertz CT molecular complexity index is 191. The lowest BCUT2D eigenvalue weighted by Crippen LogP contribution is -2.49. The van der Waals surface area contributed by atoms with Crippen LogP contribution < -0.4 is 5.73 Å². The number of piperazine rings is 1. The van der Waals surface area contributed by atoms with Crippen molar-refractivity contribution in [1.29, 1.82) is 0 Å². The normalized spacial score (nSPS) is 21.4. The van der Waals surface area contributed by atoms with E-state index in [1.807, 2.05) is 6.92 Å². The van der Waals surface area contributed by atoms with E-state index in [-0.39, 0.29) is 6.04 Å². The zero-order valence-corrected chi connectivity index (χ0v) is 9.66. The molecule has 14 heavy (non-hydrogen) atoms. The number of nitrogens with two attached hydrogens (primary N) is 1. The van der Waals surface area contributed by atoms with E-state index < -0.39 is 0 Å². The molecule has 1 saturated heterocycles. The van der Waals surface area contributed by atoms with Crippen molar-refractivity contribution >= 4 is 0 Å². The van der Waals surface area contributed by atoms with Crippen LogP contribution >= 0.6 is 0 Å². The van der Waals surface area contributed by atoms with Crippen molar-refractivity contribution in [1.82, 2.24) is 9.80 Å². The molecule has 0 unspecified atom stereocenters. The highest BCUT2D eigenvalue weighted by atomic mass is 15.3. The van der Waals surface area contributed by atoms with Crippen LogP contribution in [0.4, 0.5) is 0 Å². The standard InChI is InChI=1S/C11H23N3/c1-9(2)13-5-7-14(8-6-13)11(4)10(3)12/h9-10H,4-8,12H2,1-3H3/t10-/m1/s1. The molecule has 2 N–H and O–H groups in total. The van der Waals surface area contributed by atoms with Gasteiger partial charge in [-0.25, -0.2) is 0 Å². The van der Waals surface area contributed by atoms with Crippen molar-refractivity contribution in [2.24, 2.45) is 5.73 Å². The van der Waals surface area contributed by atoms with Gasteiger partial charge in [0.05, 0.1) is 0 Å². The lowest BCUT2D eigenvalue weighted by molar-refractivity contribution is 0.127. The largest absolute Gasteiger partial charge is 0.371 e. The summed E-state index contributed by atoms with van der Waals surface area (Å²) in [5.41, 5.74) is 6.88. The minimum absolute atomic E-state index is 0.0839. The van der Waals surface area contributed by atoms with Crippen molar-refractivity contribution in [3.05, 3.63) is 12.3 Å². The van der Waals surface area contributed by atoms with E-state index in [0.29, 0.717) is 6.04 Å². The first-order chi connectivity index (χ1) is 6.52. The summed E-state index contributed by atoms with van der Waals surface area (Å²) in [6, 6.07) is 0.737. The van der Waals surface area contributed by atoms with Gasteiger partial charge in [-0.1, -0.05) is 6.58 Å². The maximum absolute atomic E-state index is 5.81. The molecule has 1 fully saturated rings. The Morgan fingerprint density at radius 1 is 1.14 bits per heavy atom. The Morgan fingerprint density at radius 2 is 1.64 bits per heavy atom. The second-order valence-corrected chi connectivity index (χ2v) is 4.40. The third-order valence-electron chi connectivity index (χ3n) is 2.98. The van der Waals surface area contributed by atoms with Crippen molar-refractivity contribution in [3.63, 3.8) is 0 Å². The molecule has 0 saturated carbocycles. The van der Waals surface area contributed by atoms with Gasteiger partial charge in [0.1, 0.15) is 0 Å². The molecule has 0 radical (unpaired) electrons. The second-order valence-electron chi connectivity index (χ2n) is 4.40. The van der Waals surface area contributed by atoms with Gasteiger partial charge >= 0.3 is 0 Å². The molecule has 1 atom stereocenters. The summed E-state index contributed by atoms with van der Waals surface area (Å²) in [5.74, 6) is 0. The van der Waals surface area contributed by atoms with Crippen LogP contribution in [0.25, 0.3) is 0 Å². The van der Waals surface area contributed by atoms with Crippen LogP contribution in [0.2, 0.25) is 0 Å².